The maximum Gasteiger partial charge on any atom is 0.265 e. The molecule has 1 rings (SSSR count). The highest BCUT2D eigenvalue weighted by atomic mass is 16.2. The van der Waals surface area contributed by atoms with E-state index in [0.29, 0.717) is 5.56 Å². The summed E-state index contributed by atoms with van der Waals surface area (Å²) in [4.78, 5) is 12.9. The minimum Gasteiger partial charge on any atom is -0.400 e. The van der Waals surface area contributed by atoms with Crippen molar-refractivity contribution in [2.75, 3.05) is 14.2 Å². The van der Waals surface area contributed by atoms with Crippen molar-refractivity contribution in [1.82, 2.24) is 4.90 Å². The molecule has 0 radical (unpaired) electrons. The van der Waals surface area contributed by atoms with Gasteiger partial charge in [0.25, 0.3) is 5.91 Å². The molecular formula is C12H15NO2. The SMILES string of the molecule is CC#CN(C)C(=O)c1ccccc1.CO. The summed E-state index contributed by atoms with van der Waals surface area (Å²) < 4.78 is 0. The zero-order valence-corrected chi connectivity index (χ0v) is 9.19. The summed E-state index contributed by atoms with van der Waals surface area (Å²) in [6, 6.07) is 11.8. The van der Waals surface area contributed by atoms with Crippen LogP contribution in [0.25, 0.3) is 0 Å². The van der Waals surface area contributed by atoms with Gasteiger partial charge in [-0.15, -0.1) is 0 Å². The zero-order chi connectivity index (χ0) is 11.7. The third-order valence-electron chi connectivity index (χ3n) is 1.60. The number of aliphatic hydroxyl groups excluding tert-OH is 1. The highest BCUT2D eigenvalue weighted by Gasteiger charge is 2.07. The number of carbonyl (C=O) groups excluding carboxylic acids is 1. The monoisotopic (exact) mass is 205 g/mol. The summed E-state index contributed by atoms with van der Waals surface area (Å²) in [7, 11) is 2.66. The largest absolute Gasteiger partial charge is 0.400 e. The Bertz CT molecular complexity index is 349. The molecule has 3 heteroatoms. The second kappa shape index (κ2) is 7.60. The van der Waals surface area contributed by atoms with Crippen LogP contribution >= 0.6 is 0 Å². The van der Waals surface area contributed by atoms with Crippen molar-refractivity contribution in [3.8, 4) is 12.0 Å². The fourth-order valence-electron chi connectivity index (χ4n) is 0.993. The van der Waals surface area contributed by atoms with Gasteiger partial charge in [0.05, 0.1) is 0 Å². The standard InChI is InChI=1S/C11H11NO.CH4O/c1-3-9-12(2)11(13)10-7-5-4-6-8-10;1-2/h4-8H,1-2H3;2H,1H3. The summed E-state index contributed by atoms with van der Waals surface area (Å²) in [5.74, 6) is 2.60. The second-order valence-electron chi connectivity index (χ2n) is 2.59. The minimum absolute atomic E-state index is 0.0741. The lowest BCUT2D eigenvalue weighted by Gasteiger charge is -2.07. The van der Waals surface area contributed by atoms with E-state index in [0.717, 1.165) is 7.11 Å². The van der Waals surface area contributed by atoms with Crippen LogP contribution in [0.3, 0.4) is 0 Å². The normalized spacial score (nSPS) is 7.73. The molecule has 0 atom stereocenters. The molecule has 3 nitrogen and oxygen atoms in total. The van der Waals surface area contributed by atoms with Gasteiger partial charge in [0.1, 0.15) is 0 Å². The van der Waals surface area contributed by atoms with E-state index in [1.807, 2.05) is 18.2 Å². The molecule has 0 heterocycles. The number of nitrogens with zero attached hydrogens (tertiary/aromatic N) is 1. The van der Waals surface area contributed by atoms with Crippen molar-refractivity contribution in [3.05, 3.63) is 35.9 Å². The molecule has 0 aliphatic carbocycles. The number of benzene rings is 1. The Labute approximate surface area is 90.3 Å². The average molecular weight is 205 g/mol. The lowest BCUT2D eigenvalue weighted by molar-refractivity contribution is 0.0860. The van der Waals surface area contributed by atoms with E-state index in [2.05, 4.69) is 12.0 Å². The molecule has 80 valence electrons. The van der Waals surface area contributed by atoms with Gasteiger partial charge in [-0.3, -0.25) is 9.69 Å². The molecule has 0 bridgehead atoms. The first-order valence-corrected chi connectivity index (χ1v) is 4.46. The van der Waals surface area contributed by atoms with E-state index in [4.69, 9.17) is 5.11 Å². The van der Waals surface area contributed by atoms with Gasteiger partial charge < -0.3 is 5.11 Å². The summed E-state index contributed by atoms with van der Waals surface area (Å²) in [6.07, 6.45) is 0. The maximum absolute atomic E-state index is 11.6. The van der Waals surface area contributed by atoms with E-state index in [1.165, 1.54) is 4.90 Å². The summed E-state index contributed by atoms with van der Waals surface area (Å²) in [5, 5.41) is 7.00. The first-order valence-electron chi connectivity index (χ1n) is 4.46. The highest BCUT2D eigenvalue weighted by molar-refractivity contribution is 5.95. The quantitative estimate of drug-likeness (QED) is 0.555. The van der Waals surface area contributed by atoms with Crippen LogP contribution in [0.5, 0.6) is 0 Å². The van der Waals surface area contributed by atoms with Gasteiger partial charge in [-0.05, 0) is 19.1 Å². The molecule has 1 aromatic rings. The van der Waals surface area contributed by atoms with Crippen LogP contribution < -0.4 is 0 Å². The predicted octanol–water partition coefficient (Wildman–Crippen LogP) is 1.35. The van der Waals surface area contributed by atoms with Gasteiger partial charge in [0.2, 0.25) is 0 Å². The van der Waals surface area contributed by atoms with E-state index >= 15 is 0 Å². The van der Waals surface area contributed by atoms with Crippen molar-refractivity contribution in [2.45, 2.75) is 6.92 Å². The third kappa shape index (κ3) is 4.30. The predicted molar refractivity (Wildman–Crippen MR) is 60.1 cm³/mol. The number of amides is 1. The van der Waals surface area contributed by atoms with Crippen molar-refractivity contribution in [1.29, 1.82) is 0 Å². The molecule has 0 spiro atoms. The van der Waals surface area contributed by atoms with Gasteiger partial charge in [-0.2, -0.15) is 0 Å². The lowest BCUT2D eigenvalue weighted by Crippen LogP contribution is -2.21. The Morgan fingerprint density at radius 3 is 2.27 bits per heavy atom. The number of rotatable bonds is 1. The molecule has 1 amide bonds. The van der Waals surface area contributed by atoms with Gasteiger partial charge in [-0.25, -0.2) is 0 Å². The Morgan fingerprint density at radius 2 is 1.80 bits per heavy atom. The zero-order valence-electron chi connectivity index (χ0n) is 9.19. The van der Waals surface area contributed by atoms with Crippen LogP contribution in [0.2, 0.25) is 0 Å². The van der Waals surface area contributed by atoms with Crippen LogP contribution in [0.1, 0.15) is 17.3 Å². The molecule has 0 unspecified atom stereocenters. The second-order valence-corrected chi connectivity index (χ2v) is 2.59. The van der Waals surface area contributed by atoms with Crippen LogP contribution in [-0.4, -0.2) is 30.1 Å². The lowest BCUT2D eigenvalue weighted by atomic mass is 10.2. The average Bonchev–Trinajstić information content (AvgIpc) is 2.32. The Morgan fingerprint density at radius 1 is 1.27 bits per heavy atom. The van der Waals surface area contributed by atoms with Gasteiger partial charge in [-0.1, -0.05) is 24.1 Å². The molecule has 0 aliphatic heterocycles. The van der Waals surface area contributed by atoms with Crippen molar-refractivity contribution < 1.29 is 9.90 Å². The number of aliphatic hydroxyl groups is 1. The van der Waals surface area contributed by atoms with E-state index < -0.39 is 0 Å². The van der Waals surface area contributed by atoms with E-state index in [1.54, 1.807) is 26.1 Å². The van der Waals surface area contributed by atoms with Crippen molar-refractivity contribution in [3.63, 3.8) is 0 Å². The summed E-state index contributed by atoms with van der Waals surface area (Å²) in [6.45, 7) is 1.70. The Kier molecular flexibility index (Phi) is 6.69. The van der Waals surface area contributed by atoms with Gasteiger partial charge in [0, 0.05) is 25.8 Å². The van der Waals surface area contributed by atoms with Crippen molar-refractivity contribution >= 4 is 5.91 Å². The van der Waals surface area contributed by atoms with E-state index in [-0.39, 0.29) is 5.91 Å². The van der Waals surface area contributed by atoms with Crippen LogP contribution in [-0.2, 0) is 0 Å². The highest BCUT2D eigenvalue weighted by Crippen LogP contribution is 2.01. The Balaban J connectivity index is 0.000000921. The first-order chi connectivity index (χ1) is 7.25. The Hall–Kier alpha value is -1.79. The van der Waals surface area contributed by atoms with Crippen molar-refractivity contribution in [2.24, 2.45) is 0 Å². The molecule has 0 saturated heterocycles. The van der Waals surface area contributed by atoms with Crippen LogP contribution in [0.4, 0.5) is 0 Å². The van der Waals surface area contributed by atoms with Gasteiger partial charge >= 0.3 is 0 Å². The molecule has 0 aromatic heterocycles. The first kappa shape index (κ1) is 13.2. The molecule has 0 aliphatic rings. The maximum atomic E-state index is 11.6. The number of hydrogen-bond donors (Lipinski definition) is 1. The van der Waals surface area contributed by atoms with E-state index in [9.17, 15) is 4.79 Å². The number of hydrogen-bond acceptors (Lipinski definition) is 2. The molecule has 1 N–H and O–H groups in total. The van der Waals surface area contributed by atoms with Gasteiger partial charge in [0.15, 0.2) is 0 Å². The summed E-state index contributed by atoms with van der Waals surface area (Å²) in [5.41, 5.74) is 0.660. The summed E-state index contributed by atoms with van der Waals surface area (Å²) >= 11 is 0. The molecule has 1 aromatic carbocycles. The molecule has 0 saturated carbocycles. The number of carbonyl (C=O) groups is 1. The fraction of sp³-hybridized carbons (Fsp3) is 0.250. The molecule has 15 heavy (non-hydrogen) atoms. The minimum atomic E-state index is -0.0741. The molecular weight excluding hydrogens is 190 g/mol. The van der Waals surface area contributed by atoms with Crippen LogP contribution in [0.15, 0.2) is 30.3 Å². The topological polar surface area (TPSA) is 40.5 Å². The smallest absolute Gasteiger partial charge is 0.265 e. The molecule has 0 fully saturated rings. The van der Waals surface area contributed by atoms with Crippen LogP contribution in [0, 0.1) is 12.0 Å². The third-order valence-corrected chi connectivity index (χ3v) is 1.60. The fourth-order valence-corrected chi connectivity index (χ4v) is 0.993.